The van der Waals surface area contributed by atoms with Crippen LogP contribution < -0.4 is 5.32 Å². The molecular weight excluding hydrogens is 224 g/mol. The van der Waals surface area contributed by atoms with Crippen LogP contribution in [0.2, 0.25) is 0 Å². The summed E-state index contributed by atoms with van der Waals surface area (Å²) in [5, 5.41) is 3.38. The van der Waals surface area contributed by atoms with Gasteiger partial charge in [-0.1, -0.05) is 0 Å². The Kier molecular flexibility index (Phi) is 5.42. The van der Waals surface area contributed by atoms with Gasteiger partial charge >= 0.3 is 5.97 Å². The van der Waals surface area contributed by atoms with E-state index in [1.807, 2.05) is 24.0 Å². The molecule has 2 N–H and O–H groups in total. The van der Waals surface area contributed by atoms with Crippen molar-refractivity contribution in [1.29, 1.82) is 0 Å². The molecule has 0 fully saturated rings. The van der Waals surface area contributed by atoms with Crippen molar-refractivity contribution in [2.45, 2.75) is 19.5 Å². The Hall–Kier alpha value is -0.940. The number of esters is 1. The Balaban J connectivity index is 2.43. The lowest BCUT2D eigenvalue weighted by Crippen LogP contribution is -2.27. The van der Waals surface area contributed by atoms with Crippen molar-refractivity contribution in [3.8, 4) is 0 Å². The summed E-state index contributed by atoms with van der Waals surface area (Å²) >= 11 is 1.81. The van der Waals surface area contributed by atoms with Crippen molar-refractivity contribution < 1.29 is 9.53 Å². The molecule has 1 aromatic heterocycles. The van der Waals surface area contributed by atoms with E-state index in [9.17, 15) is 4.79 Å². The first-order valence-corrected chi connectivity index (χ1v) is 6.54. The lowest BCUT2D eigenvalue weighted by Gasteiger charge is -2.10. The van der Waals surface area contributed by atoms with E-state index in [4.69, 9.17) is 0 Å². The van der Waals surface area contributed by atoms with Crippen molar-refractivity contribution in [3.05, 3.63) is 23.5 Å². The number of hydrogen-bond acceptors (Lipinski definition) is 4. The van der Waals surface area contributed by atoms with Gasteiger partial charge in [0.25, 0.3) is 0 Å². The largest absolute Gasteiger partial charge is 0.464 e. The summed E-state index contributed by atoms with van der Waals surface area (Å²) in [6.45, 7) is 2.90. The molecule has 1 aromatic rings. The SMILES string of the molecule is COC(=O)c1cc(CNC(C)CSC)c[nH]1. The highest BCUT2D eigenvalue weighted by Crippen LogP contribution is 2.05. The Morgan fingerprint density at radius 2 is 2.44 bits per heavy atom. The second kappa shape index (κ2) is 6.60. The van der Waals surface area contributed by atoms with E-state index < -0.39 is 0 Å². The molecule has 1 heterocycles. The summed E-state index contributed by atoms with van der Waals surface area (Å²) in [4.78, 5) is 14.1. The monoisotopic (exact) mass is 242 g/mol. The second-order valence-corrected chi connectivity index (χ2v) is 4.56. The molecule has 4 nitrogen and oxygen atoms in total. The molecule has 0 amide bonds. The third-order valence-corrected chi connectivity index (χ3v) is 3.05. The molecule has 0 saturated carbocycles. The van der Waals surface area contributed by atoms with E-state index in [1.54, 1.807) is 0 Å². The van der Waals surface area contributed by atoms with Crippen LogP contribution in [-0.2, 0) is 11.3 Å². The Labute approximate surface area is 100 Å². The minimum absolute atomic E-state index is 0.330. The van der Waals surface area contributed by atoms with E-state index in [1.165, 1.54) is 7.11 Å². The third-order valence-electron chi connectivity index (χ3n) is 2.22. The van der Waals surface area contributed by atoms with Crippen LogP contribution in [0.1, 0.15) is 23.0 Å². The van der Waals surface area contributed by atoms with Gasteiger partial charge in [0, 0.05) is 24.5 Å². The van der Waals surface area contributed by atoms with Crippen LogP contribution in [-0.4, -0.2) is 36.1 Å². The minimum atomic E-state index is -0.330. The zero-order chi connectivity index (χ0) is 12.0. The average Bonchev–Trinajstić information content (AvgIpc) is 2.74. The quantitative estimate of drug-likeness (QED) is 0.745. The van der Waals surface area contributed by atoms with Crippen molar-refractivity contribution in [2.75, 3.05) is 19.1 Å². The molecule has 16 heavy (non-hydrogen) atoms. The molecule has 0 radical (unpaired) electrons. The van der Waals surface area contributed by atoms with Gasteiger partial charge < -0.3 is 15.0 Å². The number of thioether (sulfide) groups is 1. The van der Waals surface area contributed by atoms with Gasteiger partial charge in [-0.3, -0.25) is 0 Å². The maximum absolute atomic E-state index is 11.2. The van der Waals surface area contributed by atoms with Gasteiger partial charge in [0.05, 0.1) is 7.11 Å². The van der Waals surface area contributed by atoms with Gasteiger partial charge in [-0.2, -0.15) is 11.8 Å². The number of hydrogen-bond donors (Lipinski definition) is 2. The highest BCUT2D eigenvalue weighted by Gasteiger charge is 2.08. The van der Waals surface area contributed by atoms with Crippen molar-refractivity contribution >= 4 is 17.7 Å². The summed E-state index contributed by atoms with van der Waals surface area (Å²) in [7, 11) is 1.38. The standard InChI is InChI=1S/C11H18N2O2S/c1-8(7-16-3)12-5-9-4-10(13-6-9)11(14)15-2/h4,6,8,12-13H,5,7H2,1-3H3. The van der Waals surface area contributed by atoms with Gasteiger partial charge in [-0.25, -0.2) is 4.79 Å². The second-order valence-electron chi connectivity index (χ2n) is 3.65. The fraction of sp³-hybridized carbons (Fsp3) is 0.545. The number of aromatic amines is 1. The molecule has 0 aromatic carbocycles. The molecule has 1 rings (SSSR count). The zero-order valence-corrected chi connectivity index (χ0v) is 10.7. The number of carbonyl (C=O) groups excluding carboxylic acids is 1. The summed E-state index contributed by atoms with van der Waals surface area (Å²) in [5.41, 5.74) is 1.56. The Morgan fingerprint density at radius 3 is 3.06 bits per heavy atom. The smallest absolute Gasteiger partial charge is 0.354 e. The molecule has 0 aliphatic heterocycles. The van der Waals surface area contributed by atoms with Crippen LogP contribution in [0.15, 0.2) is 12.3 Å². The van der Waals surface area contributed by atoms with Crippen LogP contribution in [0.5, 0.6) is 0 Å². The predicted octanol–water partition coefficient (Wildman–Crippen LogP) is 1.64. The van der Waals surface area contributed by atoms with Crippen LogP contribution >= 0.6 is 11.8 Å². The lowest BCUT2D eigenvalue weighted by molar-refractivity contribution is 0.0595. The van der Waals surface area contributed by atoms with Gasteiger partial charge in [-0.05, 0) is 24.8 Å². The van der Waals surface area contributed by atoms with Crippen molar-refractivity contribution in [2.24, 2.45) is 0 Å². The maximum atomic E-state index is 11.2. The molecule has 90 valence electrons. The normalized spacial score (nSPS) is 12.4. The molecule has 0 bridgehead atoms. The summed E-state index contributed by atoms with van der Waals surface area (Å²) < 4.78 is 4.62. The molecule has 1 atom stereocenters. The fourth-order valence-electron chi connectivity index (χ4n) is 1.37. The third kappa shape index (κ3) is 3.90. The van der Waals surface area contributed by atoms with Crippen LogP contribution in [0, 0.1) is 0 Å². The molecule has 0 saturated heterocycles. The summed E-state index contributed by atoms with van der Waals surface area (Å²) in [6, 6.07) is 2.27. The number of rotatable bonds is 6. The van der Waals surface area contributed by atoms with Gasteiger partial charge in [0.1, 0.15) is 5.69 Å². The van der Waals surface area contributed by atoms with Crippen LogP contribution in [0.4, 0.5) is 0 Å². The first kappa shape index (κ1) is 13.1. The highest BCUT2D eigenvalue weighted by molar-refractivity contribution is 7.98. The van der Waals surface area contributed by atoms with E-state index in [2.05, 4.69) is 28.2 Å². The average molecular weight is 242 g/mol. The number of H-pyrrole nitrogens is 1. The van der Waals surface area contributed by atoms with Crippen LogP contribution in [0.3, 0.4) is 0 Å². The number of carbonyl (C=O) groups is 1. The first-order chi connectivity index (χ1) is 7.67. The predicted molar refractivity (Wildman–Crippen MR) is 66.8 cm³/mol. The fourth-order valence-corrected chi connectivity index (χ4v) is 1.99. The highest BCUT2D eigenvalue weighted by atomic mass is 32.2. The Bertz CT molecular complexity index is 338. The molecule has 5 heteroatoms. The topological polar surface area (TPSA) is 54.1 Å². The lowest BCUT2D eigenvalue weighted by atomic mass is 10.3. The number of ether oxygens (including phenoxy) is 1. The van der Waals surface area contributed by atoms with Gasteiger partial charge in [0.2, 0.25) is 0 Å². The van der Waals surface area contributed by atoms with E-state index in [-0.39, 0.29) is 5.97 Å². The molecular formula is C11H18N2O2S. The Morgan fingerprint density at radius 1 is 1.69 bits per heavy atom. The van der Waals surface area contributed by atoms with E-state index in [0.717, 1.165) is 17.9 Å². The molecule has 1 unspecified atom stereocenters. The summed E-state index contributed by atoms with van der Waals surface area (Å²) in [6.07, 6.45) is 3.91. The van der Waals surface area contributed by atoms with Crippen molar-refractivity contribution in [1.82, 2.24) is 10.3 Å². The summed E-state index contributed by atoms with van der Waals surface area (Å²) in [5.74, 6) is 0.747. The zero-order valence-electron chi connectivity index (χ0n) is 9.87. The van der Waals surface area contributed by atoms with Crippen LogP contribution in [0.25, 0.3) is 0 Å². The first-order valence-electron chi connectivity index (χ1n) is 5.15. The van der Waals surface area contributed by atoms with E-state index in [0.29, 0.717) is 11.7 Å². The number of methoxy groups -OCH3 is 1. The maximum Gasteiger partial charge on any atom is 0.354 e. The van der Waals surface area contributed by atoms with Gasteiger partial charge in [-0.15, -0.1) is 0 Å². The number of nitrogens with one attached hydrogen (secondary N) is 2. The number of aromatic nitrogens is 1. The minimum Gasteiger partial charge on any atom is -0.464 e. The van der Waals surface area contributed by atoms with E-state index >= 15 is 0 Å². The molecule has 0 aliphatic carbocycles. The molecule has 0 spiro atoms. The van der Waals surface area contributed by atoms with Gasteiger partial charge in [0.15, 0.2) is 0 Å². The van der Waals surface area contributed by atoms with Crippen molar-refractivity contribution in [3.63, 3.8) is 0 Å². The molecule has 0 aliphatic rings.